The van der Waals surface area contributed by atoms with Gasteiger partial charge in [0, 0.05) is 6.54 Å². The van der Waals surface area contributed by atoms with Gasteiger partial charge < -0.3 is 10.3 Å². The van der Waals surface area contributed by atoms with E-state index in [1.165, 1.54) is 18.2 Å². The van der Waals surface area contributed by atoms with E-state index in [1.54, 1.807) is 12.1 Å². The fourth-order valence-electron chi connectivity index (χ4n) is 1.41. The number of rotatable bonds is 3. The first kappa shape index (κ1) is 12.9. The Labute approximate surface area is 113 Å². The number of hydrogen-bond acceptors (Lipinski definition) is 1. The SMILES string of the molecule is O=C(NCc1ccc(F)cc1)c1cc(Cl)c(Cl)[nH]1. The molecule has 1 heterocycles. The molecule has 2 aromatic rings. The van der Waals surface area contributed by atoms with Gasteiger partial charge in [0.05, 0.1) is 5.02 Å². The minimum atomic E-state index is -0.326. The summed E-state index contributed by atoms with van der Waals surface area (Å²) < 4.78 is 12.7. The molecule has 0 fully saturated rings. The monoisotopic (exact) mass is 286 g/mol. The molecule has 0 aliphatic heterocycles. The maximum Gasteiger partial charge on any atom is 0.268 e. The highest BCUT2D eigenvalue weighted by Gasteiger charge is 2.10. The number of amides is 1. The second kappa shape index (κ2) is 5.42. The predicted octanol–water partition coefficient (Wildman–Crippen LogP) is 3.39. The Hall–Kier alpha value is -1.52. The number of carbonyl (C=O) groups excluding carboxylic acids is 1. The molecule has 0 saturated carbocycles. The topological polar surface area (TPSA) is 44.9 Å². The van der Waals surface area contributed by atoms with Crippen molar-refractivity contribution in [2.75, 3.05) is 0 Å². The first-order chi connectivity index (χ1) is 8.56. The minimum Gasteiger partial charge on any atom is -0.347 e. The van der Waals surface area contributed by atoms with Gasteiger partial charge in [0.15, 0.2) is 0 Å². The molecule has 0 aliphatic carbocycles. The van der Waals surface area contributed by atoms with Crippen LogP contribution in [0.2, 0.25) is 10.2 Å². The molecule has 0 spiro atoms. The Bertz CT molecular complexity index is 546. The number of halogens is 3. The highest BCUT2D eigenvalue weighted by Crippen LogP contribution is 2.21. The summed E-state index contributed by atoms with van der Waals surface area (Å²) >= 11 is 11.4. The van der Waals surface area contributed by atoms with E-state index in [4.69, 9.17) is 23.2 Å². The molecule has 18 heavy (non-hydrogen) atoms. The number of aromatic amines is 1. The van der Waals surface area contributed by atoms with Crippen molar-refractivity contribution in [3.05, 3.63) is 57.6 Å². The van der Waals surface area contributed by atoms with Crippen LogP contribution in [0.5, 0.6) is 0 Å². The second-order valence-electron chi connectivity index (χ2n) is 3.65. The summed E-state index contributed by atoms with van der Waals surface area (Å²) in [6, 6.07) is 7.33. The van der Waals surface area contributed by atoms with Crippen molar-refractivity contribution in [3.63, 3.8) is 0 Å². The Morgan fingerprint density at radius 2 is 1.94 bits per heavy atom. The molecular formula is C12H9Cl2FN2O. The van der Waals surface area contributed by atoms with Crippen LogP contribution in [0.15, 0.2) is 30.3 Å². The number of hydrogen-bond donors (Lipinski definition) is 2. The van der Waals surface area contributed by atoms with Crippen molar-refractivity contribution in [1.82, 2.24) is 10.3 Å². The van der Waals surface area contributed by atoms with Gasteiger partial charge >= 0.3 is 0 Å². The van der Waals surface area contributed by atoms with Crippen LogP contribution in [0, 0.1) is 5.82 Å². The normalized spacial score (nSPS) is 10.4. The Balaban J connectivity index is 1.98. The predicted molar refractivity (Wildman–Crippen MR) is 68.4 cm³/mol. The third-order valence-electron chi connectivity index (χ3n) is 2.34. The first-order valence-corrected chi connectivity index (χ1v) is 5.88. The molecule has 0 unspecified atom stereocenters. The molecule has 6 heteroatoms. The average molecular weight is 287 g/mol. The summed E-state index contributed by atoms with van der Waals surface area (Å²) in [5, 5.41) is 3.19. The lowest BCUT2D eigenvalue weighted by Gasteiger charge is -2.03. The van der Waals surface area contributed by atoms with E-state index < -0.39 is 0 Å². The summed E-state index contributed by atoms with van der Waals surface area (Å²) in [4.78, 5) is 14.4. The van der Waals surface area contributed by atoms with E-state index in [1.807, 2.05) is 0 Å². The third-order valence-corrected chi connectivity index (χ3v) is 3.03. The molecule has 0 radical (unpaired) electrons. The van der Waals surface area contributed by atoms with E-state index in [0.29, 0.717) is 11.6 Å². The molecule has 0 saturated heterocycles. The second-order valence-corrected chi connectivity index (χ2v) is 4.44. The molecule has 3 nitrogen and oxygen atoms in total. The standard InChI is InChI=1S/C12H9Cl2FN2O/c13-9-5-10(17-11(9)14)12(18)16-6-7-1-3-8(15)4-2-7/h1-5,17H,6H2,(H,16,18). The first-order valence-electron chi connectivity index (χ1n) is 5.13. The summed E-state index contributed by atoms with van der Waals surface area (Å²) in [5.74, 6) is -0.638. The Kier molecular flexibility index (Phi) is 3.89. The molecule has 0 bridgehead atoms. The highest BCUT2D eigenvalue weighted by atomic mass is 35.5. The number of benzene rings is 1. The molecule has 2 rings (SSSR count). The number of carbonyl (C=O) groups is 1. The zero-order chi connectivity index (χ0) is 13.1. The summed E-state index contributed by atoms with van der Waals surface area (Å²) in [5.41, 5.74) is 1.08. The number of aromatic nitrogens is 1. The van der Waals surface area contributed by atoms with Gasteiger partial charge in [-0.05, 0) is 23.8 Å². The van der Waals surface area contributed by atoms with Crippen molar-refractivity contribution < 1.29 is 9.18 Å². The summed E-state index contributed by atoms with van der Waals surface area (Å²) in [7, 11) is 0. The van der Waals surface area contributed by atoms with Crippen LogP contribution in [0.4, 0.5) is 4.39 Å². The summed E-state index contributed by atoms with van der Waals surface area (Å²) in [6.07, 6.45) is 0. The molecule has 1 aromatic carbocycles. The maximum atomic E-state index is 12.7. The van der Waals surface area contributed by atoms with E-state index >= 15 is 0 Å². The lowest BCUT2D eigenvalue weighted by molar-refractivity contribution is 0.0946. The van der Waals surface area contributed by atoms with E-state index in [0.717, 1.165) is 5.56 Å². The number of nitrogens with one attached hydrogen (secondary N) is 2. The molecule has 1 amide bonds. The largest absolute Gasteiger partial charge is 0.347 e. The van der Waals surface area contributed by atoms with Crippen LogP contribution in [-0.2, 0) is 6.54 Å². The number of H-pyrrole nitrogens is 1. The minimum absolute atomic E-state index is 0.226. The van der Waals surface area contributed by atoms with E-state index in [2.05, 4.69) is 10.3 Å². The maximum absolute atomic E-state index is 12.7. The van der Waals surface area contributed by atoms with Gasteiger partial charge in [0.1, 0.15) is 16.7 Å². The molecular weight excluding hydrogens is 278 g/mol. The van der Waals surface area contributed by atoms with E-state index in [-0.39, 0.29) is 22.6 Å². The van der Waals surface area contributed by atoms with Gasteiger partial charge in [-0.15, -0.1) is 0 Å². The van der Waals surface area contributed by atoms with Crippen LogP contribution in [-0.4, -0.2) is 10.9 Å². The van der Waals surface area contributed by atoms with Gasteiger partial charge in [0.2, 0.25) is 0 Å². The average Bonchev–Trinajstić information content (AvgIpc) is 2.69. The van der Waals surface area contributed by atoms with Crippen LogP contribution in [0.3, 0.4) is 0 Å². The van der Waals surface area contributed by atoms with Gasteiger partial charge in [0.25, 0.3) is 5.91 Å². The van der Waals surface area contributed by atoms with E-state index in [9.17, 15) is 9.18 Å². The molecule has 0 atom stereocenters. The summed E-state index contributed by atoms with van der Waals surface area (Å²) in [6.45, 7) is 0.299. The lowest BCUT2D eigenvalue weighted by Crippen LogP contribution is -2.23. The zero-order valence-electron chi connectivity index (χ0n) is 9.14. The van der Waals surface area contributed by atoms with Crippen molar-refractivity contribution in [2.45, 2.75) is 6.54 Å². The Morgan fingerprint density at radius 3 is 2.50 bits per heavy atom. The van der Waals surface area contributed by atoms with Crippen LogP contribution in [0.1, 0.15) is 16.1 Å². The van der Waals surface area contributed by atoms with Crippen molar-refractivity contribution >= 4 is 29.1 Å². The molecule has 2 N–H and O–H groups in total. The quantitative estimate of drug-likeness (QED) is 0.893. The van der Waals surface area contributed by atoms with Crippen LogP contribution < -0.4 is 5.32 Å². The van der Waals surface area contributed by atoms with Crippen LogP contribution in [0.25, 0.3) is 0 Å². The van der Waals surface area contributed by atoms with Gasteiger partial charge in [-0.25, -0.2) is 4.39 Å². The van der Waals surface area contributed by atoms with Gasteiger partial charge in [-0.2, -0.15) is 0 Å². The zero-order valence-corrected chi connectivity index (χ0v) is 10.6. The van der Waals surface area contributed by atoms with Crippen molar-refractivity contribution in [3.8, 4) is 0 Å². The fourth-order valence-corrected chi connectivity index (χ4v) is 1.72. The Morgan fingerprint density at radius 1 is 1.28 bits per heavy atom. The van der Waals surface area contributed by atoms with Crippen LogP contribution >= 0.6 is 23.2 Å². The van der Waals surface area contributed by atoms with Crippen molar-refractivity contribution in [2.24, 2.45) is 0 Å². The highest BCUT2D eigenvalue weighted by molar-refractivity contribution is 6.41. The lowest BCUT2D eigenvalue weighted by atomic mass is 10.2. The van der Waals surface area contributed by atoms with Gasteiger partial charge in [-0.1, -0.05) is 35.3 Å². The van der Waals surface area contributed by atoms with Gasteiger partial charge in [-0.3, -0.25) is 4.79 Å². The molecule has 94 valence electrons. The van der Waals surface area contributed by atoms with Crippen molar-refractivity contribution in [1.29, 1.82) is 0 Å². The molecule has 0 aliphatic rings. The third kappa shape index (κ3) is 3.03. The molecule has 1 aromatic heterocycles. The smallest absolute Gasteiger partial charge is 0.268 e. The fraction of sp³-hybridized carbons (Fsp3) is 0.0833.